The van der Waals surface area contributed by atoms with Crippen molar-refractivity contribution >= 4 is 5.97 Å². The zero-order valence-electron chi connectivity index (χ0n) is 11.6. The van der Waals surface area contributed by atoms with E-state index in [9.17, 15) is 4.79 Å². The van der Waals surface area contributed by atoms with Gasteiger partial charge in [0.2, 0.25) is 0 Å². The normalized spacial score (nSPS) is 10.3. The van der Waals surface area contributed by atoms with E-state index in [0.717, 1.165) is 18.9 Å². The summed E-state index contributed by atoms with van der Waals surface area (Å²) in [7, 11) is 0. The van der Waals surface area contributed by atoms with Crippen molar-refractivity contribution in [1.29, 1.82) is 0 Å². The highest BCUT2D eigenvalue weighted by molar-refractivity contribution is 5.80. The summed E-state index contributed by atoms with van der Waals surface area (Å²) < 4.78 is 0. The monoisotopic (exact) mass is 250 g/mol. The minimum absolute atomic E-state index is 0.875. The van der Waals surface area contributed by atoms with Crippen molar-refractivity contribution in [3.63, 3.8) is 0 Å². The molecule has 2 nitrogen and oxygen atoms in total. The van der Waals surface area contributed by atoms with Crippen LogP contribution in [0.1, 0.15) is 71.1 Å². The molecule has 18 heavy (non-hydrogen) atoms. The molecule has 0 aromatic heterocycles. The van der Waals surface area contributed by atoms with Crippen molar-refractivity contribution in [3.05, 3.63) is 12.2 Å². The molecule has 0 bridgehead atoms. The second-order valence-electron chi connectivity index (χ2n) is 4.57. The number of unbranched alkanes of at least 4 members (excludes halogenated alkanes) is 9. The fourth-order valence-corrected chi connectivity index (χ4v) is 1.77. The van der Waals surface area contributed by atoms with Gasteiger partial charge in [-0.1, -0.05) is 70.1 Å². The Balaban J connectivity index is 3.18. The van der Waals surface area contributed by atoms with Gasteiger partial charge < -0.3 is 5.11 Å². The van der Waals surface area contributed by atoms with E-state index in [2.05, 4.69) is 18.8 Å². The van der Waals surface area contributed by atoms with Crippen LogP contribution < -0.4 is 0 Å². The van der Waals surface area contributed by atoms with Gasteiger partial charge in [0.1, 0.15) is 0 Å². The highest BCUT2D eigenvalue weighted by Gasteiger charge is 1.90. The number of carboxylic acid groups (broad SMARTS) is 1. The van der Waals surface area contributed by atoms with Crippen molar-refractivity contribution in [2.75, 3.05) is 0 Å². The predicted octanol–water partition coefficient (Wildman–Crippen LogP) is 4.55. The molecule has 0 amide bonds. The van der Waals surface area contributed by atoms with Crippen molar-refractivity contribution < 1.29 is 9.90 Å². The fourth-order valence-electron chi connectivity index (χ4n) is 1.77. The van der Waals surface area contributed by atoms with Crippen molar-refractivity contribution in [3.8, 4) is 11.8 Å². The Morgan fingerprint density at radius 2 is 1.56 bits per heavy atom. The molecule has 0 aromatic rings. The van der Waals surface area contributed by atoms with Gasteiger partial charge in [-0.15, -0.1) is 0 Å². The molecule has 102 valence electrons. The summed E-state index contributed by atoms with van der Waals surface area (Å²) in [5.74, 6) is 4.75. The minimum Gasteiger partial charge on any atom is -0.478 e. The largest absolute Gasteiger partial charge is 0.478 e. The average molecular weight is 250 g/mol. The molecule has 0 aliphatic heterocycles. The van der Waals surface area contributed by atoms with Gasteiger partial charge in [0.15, 0.2) is 0 Å². The average Bonchev–Trinajstić information content (AvgIpc) is 2.34. The molecule has 0 saturated heterocycles. The van der Waals surface area contributed by atoms with E-state index in [1.165, 1.54) is 57.4 Å². The van der Waals surface area contributed by atoms with Crippen LogP contribution in [0.2, 0.25) is 0 Å². The lowest BCUT2D eigenvalue weighted by atomic mass is 10.1. The summed E-state index contributed by atoms with van der Waals surface area (Å²) in [6.45, 7) is 2.24. The molecule has 0 fully saturated rings. The Bertz CT molecular complexity index is 281. The highest BCUT2D eigenvalue weighted by atomic mass is 16.4. The Morgan fingerprint density at radius 3 is 2.11 bits per heavy atom. The summed E-state index contributed by atoms with van der Waals surface area (Å²) >= 11 is 0. The van der Waals surface area contributed by atoms with E-state index in [-0.39, 0.29) is 0 Å². The van der Waals surface area contributed by atoms with E-state index >= 15 is 0 Å². The molecular formula is C16H26O2. The van der Waals surface area contributed by atoms with E-state index in [1.807, 2.05) is 0 Å². The first-order chi connectivity index (χ1) is 8.77. The Morgan fingerprint density at radius 1 is 1.00 bits per heavy atom. The van der Waals surface area contributed by atoms with Crippen molar-refractivity contribution in [2.45, 2.75) is 71.1 Å². The fraction of sp³-hybridized carbons (Fsp3) is 0.688. The molecule has 2 heteroatoms. The third-order valence-corrected chi connectivity index (χ3v) is 2.82. The SMILES string of the molecule is CCCCCCCCCCCC#C/C=C/C(=O)O. The number of hydrogen-bond donors (Lipinski definition) is 1. The molecule has 1 N–H and O–H groups in total. The van der Waals surface area contributed by atoms with Crippen LogP contribution >= 0.6 is 0 Å². The van der Waals surface area contributed by atoms with Crippen LogP contribution in [0.25, 0.3) is 0 Å². The topological polar surface area (TPSA) is 37.3 Å². The number of carboxylic acids is 1. The van der Waals surface area contributed by atoms with Crippen molar-refractivity contribution in [1.82, 2.24) is 0 Å². The molecule has 0 rings (SSSR count). The van der Waals surface area contributed by atoms with E-state index in [0.29, 0.717) is 0 Å². The quantitative estimate of drug-likeness (QED) is 0.351. The highest BCUT2D eigenvalue weighted by Crippen LogP contribution is 2.10. The van der Waals surface area contributed by atoms with Crippen LogP contribution in [0.5, 0.6) is 0 Å². The Kier molecular flexibility index (Phi) is 12.9. The lowest BCUT2D eigenvalue weighted by Gasteiger charge is -1.99. The van der Waals surface area contributed by atoms with Crippen LogP contribution in [0.3, 0.4) is 0 Å². The predicted molar refractivity (Wildman–Crippen MR) is 76.4 cm³/mol. The third kappa shape index (κ3) is 14.8. The van der Waals surface area contributed by atoms with Gasteiger partial charge in [-0.05, 0) is 12.5 Å². The molecule has 0 aliphatic rings. The summed E-state index contributed by atoms with van der Waals surface area (Å²) in [5, 5.41) is 8.34. The summed E-state index contributed by atoms with van der Waals surface area (Å²) in [6.07, 6.45) is 15.2. The maximum absolute atomic E-state index is 10.1. The minimum atomic E-state index is -0.938. The molecule has 0 unspecified atom stereocenters. The first kappa shape index (κ1) is 16.8. The third-order valence-electron chi connectivity index (χ3n) is 2.82. The first-order valence-corrected chi connectivity index (χ1v) is 7.15. The molecule has 0 atom stereocenters. The molecular weight excluding hydrogens is 224 g/mol. The van der Waals surface area contributed by atoms with Crippen LogP contribution in [0.4, 0.5) is 0 Å². The summed E-state index contributed by atoms with van der Waals surface area (Å²) in [5.41, 5.74) is 0. The van der Waals surface area contributed by atoms with Gasteiger partial charge in [0.05, 0.1) is 0 Å². The standard InChI is InChI=1S/C16H26O2/c1-2-3-4-5-6-7-8-9-10-11-12-13-14-15-16(17)18/h14-15H,2-11H2,1H3,(H,17,18)/b15-14+. The summed E-state index contributed by atoms with van der Waals surface area (Å²) in [4.78, 5) is 10.1. The maximum Gasteiger partial charge on any atom is 0.328 e. The Hall–Kier alpha value is -1.23. The lowest BCUT2D eigenvalue weighted by molar-refractivity contribution is -0.131. The van der Waals surface area contributed by atoms with Crippen LogP contribution in [-0.4, -0.2) is 11.1 Å². The van der Waals surface area contributed by atoms with Gasteiger partial charge in [0, 0.05) is 12.5 Å². The van der Waals surface area contributed by atoms with Gasteiger partial charge in [-0.25, -0.2) is 4.79 Å². The second-order valence-corrected chi connectivity index (χ2v) is 4.57. The van der Waals surface area contributed by atoms with E-state index in [4.69, 9.17) is 5.11 Å². The number of hydrogen-bond acceptors (Lipinski definition) is 1. The molecule has 0 spiro atoms. The maximum atomic E-state index is 10.1. The van der Waals surface area contributed by atoms with Gasteiger partial charge in [-0.2, -0.15) is 0 Å². The van der Waals surface area contributed by atoms with Crippen LogP contribution in [0.15, 0.2) is 12.2 Å². The molecule has 0 aromatic carbocycles. The number of allylic oxidation sites excluding steroid dienone is 1. The van der Waals surface area contributed by atoms with Crippen LogP contribution in [-0.2, 0) is 4.79 Å². The van der Waals surface area contributed by atoms with Crippen molar-refractivity contribution in [2.24, 2.45) is 0 Å². The first-order valence-electron chi connectivity index (χ1n) is 7.15. The zero-order chi connectivity index (χ0) is 13.5. The lowest BCUT2D eigenvalue weighted by Crippen LogP contribution is -1.84. The number of carbonyl (C=O) groups is 1. The zero-order valence-corrected chi connectivity index (χ0v) is 11.6. The smallest absolute Gasteiger partial charge is 0.328 e. The molecule has 0 radical (unpaired) electrons. The van der Waals surface area contributed by atoms with E-state index < -0.39 is 5.97 Å². The number of aliphatic carboxylic acids is 1. The Labute approximate surface area is 111 Å². The number of rotatable bonds is 10. The molecule has 0 heterocycles. The summed E-state index contributed by atoms with van der Waals surface area (Å²) in [6, 6.07) is 0. The molecule has 0 saturated carbocycles. The van der Waals surface area contributed by atoms with Gasteiger partial charge >= 0.3 is 5.97 Å². The second kappa shape index (κ2) is 13.8. The van der Waals surface area contributed by atoms with Crippen LogP contribution in [0, 0.1) is 11.8 Å². The van der Waals surface area contributed by atoms with Gasteiger partial charge in [-0.3, -0.25) is 0 Å². The van der Waals surface area contributed by atoms with Gasteiger partial charge in [0.25, 0.3) is 0 Å². The van der Waals surface area contributed by atoms with E-state index in [1.54, 1.807) is 0 Å². The molecule has 0 aliphatic carbocycles.